The van der Waals surface area contributed by atoms with Crippen LogP contribution in [0.2, 0.25) is 0 Å². The van der Waals surface area contributed by atoms with Crippen LogP contribution in [0.1, 0.15) is 5.56 Å². The van der Waals surface area contributed by atoms with E-state index in [1.165, 1.54) is 12.1 Å². The summed E-state index contributed by atoms with van der Waals surface area (Å²) in [6.45, 7) is 1.27. The van der Waals surface area contributed by atoms with Gasteiger partial charge in [-0.3, -0.25) is 19.7 Å². The largest absolute Gasteiger partial charge is 0.393 e. The Morgan fingerprint density at radius 2 is 2.12 bits per heavy atom. The Hall–Kier alpha value is -2.58. The molecule has 2 bridgehead atoms. The molecule has 0 unspecified atom stereocenters. The van der Waals surface area contributed by atoms with Crippen LogP contribution in [0, 0.1) is 28.9 Å². The second-order valence-electron chi connectivity index (χ2n) is 6.32. The molecular formula is C16H14N2O6. The van der Waals surface area contributed by atoms with Crippen LogP contribution in [0.15, 0.2) is 30.4 Å². The predicted molar refractivity (Wildman–Crippen MR) is 81.1 cm³/mol. The maximum Gasteiger partial charge on any atom is 0.293 e. The number of aliphatic hydroxyl groups is 1. The second-order valence-corrected chi connectivity index (χ2v) is 6.32. The number of fused-ring (bicyclic) bond motifs is 5. The lowest BCUT2D eigenvalue weighted by molar-refractivity contribution is -0.384. The number of benzene rings is 1. The van der Waals surface area contributed by atoms with Gasteiger partial charge in [-0.1, -0.05) is 18.2 Å². The molecule has 1 aromatic rings. The number of carbonyl (C=O) groups excluding carboxylic acids is 2. The molecule has 2 saturated heterocycles. The molecule has 3 heterocycles. The summed E-state index contributed by atoms with van der Waals surface area (Å²) in [6.07, 6.45) is 2.68. The zero-order valence-electron chi connectivity index (χ0n) is 12.7. The summed E-state index contributed by atoms with van der Waals surface area (Å²) in [7, 11) is 0. The quantitative estimate of drug-likeness (QED) is 0.378. The zero-order valence-corrected chi connectivity index (χ0v) is 12.7. The monoisotopic (exact) mass is 330 g/mol. The number of aliphatic hydroxyl groups excluding tert-OH is 1. The molecule has 0 radical (unpaired) electrons. The van der Waals surface area contributed by atoms with Gasteiger partial charge in [0.1, 0.15) is 11.3 Å². The number of aryl methyl sites for hydroxylation is 1. The van der Waals surface area contributed by atoms with Crippen LogP contribution in [0.4, 0.5) is 11.4 Å². The number of nitro groups is 1. The minimum absolute atomic E-state index is 0.0394. The van der Waals surface area contributed by atoms with Crippen molar-refractivity contribution in [2.45, 2.75) is 18.6 Å². The molecule has 4 rings (SSSR count). The van der Waals surface area contributed by atoms with Gasteiger partial charge in [0.05, 0.1) is 29.5 Å². The normalized spacial score (nSPS) is 33.4. The molecule has 124 valence electrons. The van der Waals surface area contributed by atoms with Gasteiger partial charge >= 0.3 is 0 Å². The van der Waals surface area contributed by atoms with E-state index in [-0.39, 0.29) is 11.4 Å². The fourth-order valence-corrected chi connectivity index (χ4v) is 3.89. The van der Waals surface area contributed by atoms with Crippen molar-refractivity contribution < 1.29 is 24.4 Å². The summed E-state index contributed by atoms with van der Waals surface area (Å²) in [4.78, 5) is 37.3. The van der Waals surface area contributed by atoms with Crippen molar-refractivity contribution in [2.75, 3.05) is 11.5 Å². The SMILES string of the molecule is Cc1ccc(N2C(=O)[C@H]3[C@@H](C2=O)[C@@]2(CO)C=C[C@H]3O2)c([N+](=O)[O-])c1. The van der Waals surface area contributed by atoms with E-state index in [4.69, 9.17) is 4.74 Å². The minimum Gasteiger partial charge on any atom is -0.393 e. The third-order valence-corrected chi connectivity index (χ3v) is 4.97. The average Bonchev–Trinajstić information content (AvgIpc) is 3.19. The third kappa shape index (κ3) is 1.69. The maximum atomic E-state index is 12.9. The van der Waals surface area contributed by atoms with E-state index in [2.05, 4.69) is 0 Å². The van der Waals surface area contributed by atoms with Gasteiger partial charge in [0.15, 0.2) is 0 Å². The second kappa shape index (κ2) is 4.71. The van der Waals surface area contributed by atoms with Gasteiger partial charge in [0.25, 0.3) is 5.69 Å². The Bertz CT molecular complexity index is 819. The summed E-state index contributed by atoms with van der Waals surface area (Å²) in [5, 5.41) is 21.0. The lowest BCUT2D eigenvalue weighted by Crippen LogP contribution is -2.43. The fraction of sp³-hybridized carbons (Fsp3) is 0.375. The van der Waals surface area contributed by atoms with E-state index >= 15 is 0 Å². The van der Waals surface area contributed by atoms with Crippen molar-refractivity contribution in [3.8, 4) is 0 Å². The van der Waals surface area contributed by atoms with Crippen LogP contribution in [0.5, 0.6) is 0 Å². The highest BCUT2D eigenvalue weighted by Gasteiger charge is 2.68. The molecule has 2 fully saturated rings. The number of hydrogen-bond acceptors (Lipinski definition) is 6. The number of anilines is 1. The highest BCUT2D eigenvalue weighted by molar-refractivity contribution is 6.24. The van der Waals surface area contributed by atoms with Crippen LogP contribution in [0.3, 0.4) is 0 Å². The molecule has 0 saturated carbocycles. The van der Waals surface area contributed by atoms with Gasteiger partial charge in [-0.05, 0) is 18.6 Å². The summed E-state index contributed by atoms with van der Waals surface area (Å²) in [6, 6.07) is 4.35. The molecule has 24 heavy (non-hydrogen) atoms. The molecule has 0 spiro atoms. The van der Waals surface area contributed by atoms with Gasteiger partial charge in [0, 0.05) is 6.07 Å². The molecule has 2 amide bonds. The van der Waals surface area contributed by atoms with E-state index in [1.54, 1.807) is 25.1 Å². The molecule has 0 aromatic heterocycles. The smallest absolute Gasteiger partial charge is 0.293 e. The van der Waals surface area contributed by atoms with E-state index in [0.29, 0.717) is 5.56 Å². The number of carbonyl (C=O) groups is 2. The summed E-state index contributed by atoms with van der Waals surface area (Å²) >= 11 is 0. The van der Waals surface area contributed by atoms with Crippen LogP contribution in [0.25, 0.3) is 0 Å². The topological polar surface area (TPSA) is 110 Å². The Kier molecular flexibility index (Phi) is 2.94. The first-order valence-corrected chi connectivity index (χ1v) is 7.50. The van der Waals surface area contributed by atoms with Crippen molar-refractivity contribution in [1.29, 1.82) is 0 Å². The number of ether oxygens (including phenoxy) is 1. The van der Waals surface area contributed by atoms with Gasteiger partial charge in [0.2, 0.25) is 11.8 Å². The molecule has 3 aliphatic rings. The number of amides is 2. The molecular weight excluding hydrogens is 316 g/mol. The lowest BCUT2D eigenvalue weighted by Gasteiger charge is -2.26. The maximum absolute atomic E-state index is 12.9. The Labute approximate surface area is 136 Å². The summed E-state index contributed by atoms with van der Waals surface area (Å²) < 4.78 is 5.63. The molecule has 8 nitrogen and oxygen atoms in total. The van der Waals surface area contributed by atoms with E-state index in [9.17, 15) is 24.8 Å². The number of nitro benzene ring substituents is 1. The summed E-state index contributed by atoms with van der Waals surface area (Å²) in [5.41, 5.74) is -0.892. The molecule has 8 heteroatoms. The molecule has 1 aromatic carbocycles. The van der Waals surface area contributed by atoms with Crippen molar-refractivity contribution in [1.82, 2.24) is 0 Å². The van der Waals surface area contributed by atoms with Crippen molar-refractivity contribution in [3.63, 3.8) is 0 Å². The van der Waals surface area contributed by atoms with Crippen molar-refractivity contribution >= 4 is 23.2 Å². The van der Waals surface area contributed by atoms with Crippen LogP contribution >= 0.6 is 0 Å². The predicted octanol–water partition coefficient (Wildman–Crippen LogP) is 0.709. The highest BCUT2D eigenvalue weighted by atomic mass is 16.6. The average molecular weight is 330 g/mol. The van der Waals surface area contributed by atoms with Gasteiger partial charge in [-0.2, -0.15) is 0 Å². The van der Waals surface area contributed by atoms with E-state index < -0.39 is 46.9 Å². The first-order chi connectivity index (χ1) is 11.4. The summed E-state index contributed by atoms with van der Waals surface area (Å²) in [5.74, 6) is -2.71. The molecule has 3 aliphatic heterocycles. The third-order valence-electron chi connectivity index (χ3n) is 4.97. The molecule has 1 N–H and O–H groups in total. The number of imide groups is 1. The van der Waals surface area contributed by atoms with Gasteiger partial charge in [-0.15, -0.1) is 0 Å². The Morgan fingerprint density at radius 1 is 1.38 bits per heavy atom. The standard InChI is InChI=1S/C16H14N2O6/c1-8-2-3-9(10(6-8)18(22)23)17-14(20)12-11-4-5-16(7-19,24-11)13(12)15(17)21/h2-6,11-13,19H,7H2,1H3/t11-,12-,13+,16+/m1/s1. The Morgan fingerprint density at radius 3 is 2.79 bits per heavy atom. The first kappa shape index (κ1) is 15.0. The molecule has 4 atom stereocenters. The number of nitrogens with zero attached hydrogens (tertiary/aromatic N) is 2. The van der Waals surface area contributed by atoms with Crippen molar-refractivity contribution in [2.24, 2.45) is 11.8 Å². The van der Waals surface area contributed by atoms with E-state index in [0.717, 1.165) is 4.90 Å². The van der Waals surface area contributed by atoms with Crippen LogP contribution in [-0.4, -0.2) is 40.2 Å². The minimum atomic E-state index is -1.21. The van der Waals surface area contributed by atoms with Gasteiger partial charge < -0.3 is 9.84 Å². The highest BCUT2D eigenvalue weighted by Crippen LogP contribution is 2.53. The zero-order chi connectivity index (χ0) is 17.2. The fourth-order valence-electron chi connectivity index (χ4n) is 3.89. The van der Waals surface area contributed by atoms with Crippen LogP contribution in [-0.2, 0) is 14.3 Å². The number of hydrogen-bond donors (Lipinski definition) is 1. The van der Waals surface area contributed by atoms with Crippen LogP contribution < -0.4 is 4.90 Å². The molecule has 0 aliphatic carbocycles. The van der Waals surface area contributed by atoms with Crippen molar-refractivity contribution in [3.05, 3.63) is 46.0 Å². The lowest BCUT2D eigenvalue weighted by atomic mass is 9.77. The first-order valence-electron chi connectivity index (χ1n) is 7.50. The van der Waals surface area contributed by atoms with Gasteiger partial charge in [-0.25, -0.2) is 4.90 Å². The Balaban J connectivity index is 1.82. The van der Waals surface area contributed by atoms with E-state index in [1.807, 2.05) is 0 Å². The number of rotatable bonds is 3.